The summed E-state index contributed by atoms with van der Waals surface area (Å²) in [6.07, 6.45) is 4.26. The zero-order valence-corrected chi connectivity index (χ0v) is 14.7. The number of nitrogens with zero attached hydrogens (tertiary/aromatic N) is 1. The fourth-order valence-electron chi connectivity index (χ4n) is 2.81. The van der Waals surface area contributed by atoms with Crippen molar-refractivity contribution < 1.29 is 13.9 Å². The van der Waals surface area contributed by atoms with Gasteiger partial charge < -0.3 is 14.5 Å². The molecule has 0 fully saturated rings. The normalized spacial score (nSPS) is 10.7. The second-order valence-electron chi connectivity index (χ2n) is 6.04. The quantitative estimate of drug-likeness (QED) is 0.690. The van der Waals surface area contributed by atoms with Gasteiger partial charge in [-0.2, -0.15) is 0 Å². The second-order valence-corrected chi connectivity index (χ2v) is 6.04. The highest BCUT2D eigenvalue weighted by Gasteiger charge is 2.11. The number of carbonyl (C=O) groups excluding carboxylic acids is 1. The summed E-state index contributed by atoms with van der Waals surface area (Å²) in [6, 6.07) is 8.81. The lowest BCUT2D eigenvalue weighted by atomic mass is 10.0. The number of hydrogen-bond donors (Lipinski definition) is 1. The number of pyridine rings is 1. The third kappa shape index (κ3) is 4.08. The number of ether oxygens (including phenoxy) is 1. The van der Waals surface area contributed by atoms with Crippen molar-refractivity contribution in [2.75, 3.05) is 7.11 Å². The van der Waals surface area contributed by atoms with Gasteiger partial charge in [0.05, 0.1) is 7.11 Å². The van der Waals surface area contributed by atoms with Gasteiger partial charge in [0.2, 0.25) is 5.91 Å². The van der Waals surface area contributed by atoms with Crippen LogP contribution in [0.4, 0.5) is 0 Å². The van der Waals surface area contributed by atoms with Crippen LogP contribution in [0.5, 0.6) is 5.75 Å². The van der Waals surface area contributed by atoms with E-state index in [-0.39, 0.29) is 11.5 Å². The molecule has 2 aromatic heterocycles. The predicted molar refractivity (Wildman–Crippen MR) is 98.2 cm³/mol. The van der Waals surface area contributed by atoms with Crippen LogP contribution in [0.25, 0.3) is 11.0 Å². The van der Waals surface area contributed by atoms with Crippen LogP contribution in [0.15, 0.2) is 51.9 Å². The molecule has 6 nitrogen and oxygen atoms in total. The zero-order valence-electron chi connectivity index (χ0n) is 14.7. The number of rotatable bonds is 6. The van der Waals surface area contributed by atoms with Gasteiger partial charge in [0.15, 0.2) is 0 Å². The number of carbonyl (C=O) groups is 1. The smallest absolute Gasteiger partial charge is 0.336 e. The number of hydrogen-bond acceptors (Lipinski definition) is 5. The minimum atomic E-state index is -0.389. The molecule has 1 N–H and O–H groups in total. The summed E-state index contributed by atoms with van der Waals surface area (Å²) in [5, 5.41) is 3.74. The Morgan fingerprint density at radius 2 is 2.00 bits per heavy atom. The van der Waals surface area contributed by atoms with E-state index in [2.05, 4.69) is 10.3 Å². The Morgan fingerprint density at radius 1 is 1.23 bits per heavy atom. The van der Waals surface area contributed by atoms with Gasteiger partial charge >= 0.3 is 5.63 Å². The van der Waals surface area contributed by atoms with Gasteiger partial charge in [0.1, 0.15) is 11.3 Å². The van der Waals surface area contributed by atoms with Crippen LogP contribution >= 0.6 is 0 Å². The Hall–Kier alpha value is -3.15. The summed E-state index contributed by atoms with van der Waals surface area (Å²) in [6.45, 7) is 2.33. The van der Waals surface area contributed by atoms with E-state index in [1.165, 1.54) is 6.07 Å². The van der Waals surface area contributed by atoms with E-state index in [9.17, 15) is 9.59 Å². The molecule has 3 aromatic rings. The van der Waals surface area contributed by atoms with Gasteiger partial charge in [-0.3, -0.25) is 9.78 Å². The number of amides is 1. The van der Waals surface area contributed by atoms with Crippen LogP contribution < -0.4 is 15.7 Å². The van der Waals surface area contributed by atoms with Crippen LogP contribution in [0.2, 0.25) is 0 Å². The number of aromatic nitrogens is 1. The third-order valence-corrected chi connectivity index (χ3v) is 4.21. The minimum Gasteiger partial charge on any atom is -0.496 e. The molecular weight excluding hydrogens is 332 g/mol. The molecule has 0 bridgehead atoms. The van der Waals surface area contributed by atoms with Gasteiger partial charge in [-0.25, -0.2) is 4.79 Å². The molecule has 0 saturated carbocycles. The van der Waals surface area contributed by atoms with Crippen LogP contribution in [-0.4, -0.2) is 18.0 Å². The van der Waals surface area contributed by atoms with Crippen molar-refractivity contribution in [1.29, 1.82) is 0 Å². The Labute approximate surface area is 150 Å². The Morgan fingerprint density at radius 3 is 2.73 bits per heavy atom. The highest BCUT2D eigenvalue weighted by Crippen LogP contribution is 2.28. The van der Waals surface area contributed by atoms with Crippen molar-refractivity contribution in [3.8, 4) is 5.75 Å². The minimum absolute atomic E-state index is 0.0414. The summed E-state index contributed by atoms with van der Waals surface area (Å²) in [7, 11) is 1.56. The number of nitrogens with one attached hydrogen (secondary N) is 1. The van der Waals surface area contributed by atoms with Gasteiger partial charge in [-0.15, -0.1) is 0 Å². The van der Waals surface area contributed by atoms with Crippen LogP contribution in [0, 0.1) is 6.92 Å². The molecule has 3 rings (SSSR count). The van der Waals surface area contributed by atoms with Crippen LogP contribution in [0.1, 0.15) is 23.1 Å². The summed E-state index contributed by atoms with van der Waals surface area (Å²) in [5.74, 6) is 0.563. The molecular formula is C20H20N2O4. The van der Waals surface area contributed by atoms with E-state index in [1.807, 2.05) is 25.1 Å². The van der Waals surface area contributed by atoms with Gasteiger partial charge in [-0.1, -0.05) is 0 Å². The molecule has 0 spiro atoms. The first kappa shape index (κ1) is 17.7. The Bertz CT molecular complexity index is 980. The number of aryl methyl sites for hydroxylation is 2. The molecule has 26 heavy (non-hydrogen) atoms. The van der Waals surface area contributed by atoms with E-state index in [0.717, 1.165) is 22.1 Å². The molecule has 1 aromatic carbocycles. The van der Waals surface area contributed by atoms with Crippen molar-refractivity contribution in [1.82, 2.24) is 10.3 Å². The van der Waals surface area contributed by atoms with Crippen LogP contribution in [0.3, 0.4) is 0 Å². The average molecular weight is 352 g/mol. The Balaban J connectivity index is 1.71. The lowest BCUT2D eigenvalue weighted by Gasteiger charge is -2.11. The first-order chi connectivity index (χ1) is 12.6. The maximum absolute atomic E-state index is 12.1. The first-order valence-corrected chi connectivity index (χ1v) is 8.34. The molecule has 0 aliphatic heterocycles. The van der Waals surface area contributed by atoms with Crippen LogP contribution in [-0.2, 0) is 17.8 Å². The third-order valence-electron chi connectivity index (χ3n) is 4.21. The largest absolute Gasteiger partial charge is 0.496 e. The van der Waals surface area contributed by atoms with Crippen molar-refractivity contribution in [3.63, 3.8) is 0 Å². The van der Waals surface area contributed by atoms with E-state index in [4.69, 9.17) is 9.15 Å². The molecule has 1 amide bonds. The maximum atomic E-state index is 12.1. The number of fused-ring (bicyclic) bond motifs is 1. The fourth-order valence-corrected chi connectivity index (χ4v) is 2.81. The zero-order chi connectivity index (χ0) is 18.5. The molecule has 2 heterocycles. The summed E-state index contributed by atoms with van der Waals surface area (Å²) >= 11 is 0. The fraction of sp³-hybridized carbons (Fsp3) is 0.250. The molecule has 0 aliphatic carbocycles. The first-order valence-electron chi connectivity index (χ1n) is 8.34. The molecule has 134 valence electrons. The summed E-state index contributed by atoms with van der Waals surface area (Å²) < 4.78 is 10.6. The van der Waals surface area contributed by atoms with Crippen molar-refractivity contribution in [2.45, 2.75) is 26.3 Å². The monoisotopic (exact) mass is 352 g/mol. The molecule has 0 saturated heterocycles. The average Bonchev–Trinajstić information content (AvgIpc) is 2.65. The summed E-state index contributed by atoms with van der Waals surface area (Å²) in [5.41, 5.74) is 2.83. The summed E-state index contributed by atoms with van der Waals surface area (Å²) in [4.78, 5) is 27.6. The van der Waals surface area contributed by atoms with Gasteiger partial charge in [0.25, 0.3) is 0 Å². The standard InChI is InChI=1S/C20H20N2O4/c1-13-9-20(24)26-18-11-17(25-2)15(10-16(13)18)3-4-19(23)22-12-14-5-7-21-8-6-14/h5-11H,3-4,12H2,1-2H3,(H,22,23). The molecule has 0 radical (unpaired) electrons. The molecule has 6 heteroatoms. The Kier molecular flexibility index (Phi) is 5.31. The molecule has 0 aliphatic rings. The SMILES string of the molecule is COc1cc2oc(=O)cc(C)c2cc1CCC(=O)NCc1ccncc1. The lowest BCUT2D eigenvalue weighted by Crippen LogP contribution is -2.23. The van der Waals surface area contributed by atoms with Crippen molar-refractivity contribution >= 4 is 16.9 Å². The van der Waals surface area contributed by atoms with Crippen molar-refractivity contribution in [3.05, 3.63) is 69.8 Å². The van der Waals surface area contributed by atoms with E-state index in [0.29, 0.717) is 30.7 Å². The highest BCUT2D eigenvalue weighted by atomic mass is 16.5. The highest BCUT2D eigenvalue weighted by molar-refractivity contribution is 5.83. The van der Waals surface area contributed by atoms with E-state index in [1.54, 1.807) is 25.6 Å². The van der Waals surface area contributed by atoms with E-state index < -0.39 is 0 Å². The van der Waals surface area contributed by atoms with Crippen molar-refractivity contribution in [2.24, 2.45) is 0 Å². The van der Waals surface area contributed by atoms with Gasteiger partial charge in [0, 0.05) is 42.9 Å². The number of benzene rings is 1. The lowest BCUT2D eigenvalue weighted by molar-refractivity contribution is -0.121. The predicted octanol–water partition coefficient (Wildman–Crippen LogP) is 2.75. The van der Waals surface area contributed by atoms with E-state index >= 15 is 0 Å². The molecule has 0 atom stereocenters. The van der Waals surface area contributed by atoms with Gasteiger partial charge in [-0.05, 0) is 48.2 Å². The number of methoxy groups -OCH3 is 1. The molecule has 0 unspecified atom stereocenters. The maximum Gasteiger partial charge on any atom is 0.336 e. The topological polar surface area (TPSA) is 81.4 Å². The second kappa shape index (κ2) is 7.82.